The first-order valence-electron chi connectivity index (χ1n) is 4.47. The molecular weight excluding hydrogens is 232 g/mol. The number of hydrogen-bond donors (Lipinski definition) is 3. The lowest BCUT2D eigenvalue weighted by molar-refractivity contribution is -0.385. The number of rotatable bonds is 5. The number of nitrogens with one attached hydrogen (secondary N) is 1. The molecule has 0 bridgehead atoms. The minimum Gasteiger partial charge on any atom is -0.395 e. The lowest BCUT2D eigenvalue weighted by atomic mass is 10.4. The number of thioether (sulfide) groups is 1. The van der Waals surface area contributed by atoms with Crippen molar-refractivity contribution in [2.75, 3.05) is 12.0 Å². The summed E-state index contributed by atoms with van der Waals surface area (Å²) < 4.78 is 0. The summed E-state index contributed by atoms with van der Waals surface area (Å²) >= 11 is 1.24. The van der Waals surface area contributed by atoms with Gasteiger partial charge in [0.15, 0.2) is 0 Å². The Bertz CT molecular complexity index is 388. The Morgan fingerprint density at radius 2 is 2.44 bits per heavy atom. The lowest BCUT2D eigenvalue weighted by Crippen LogP contribution is -2.10. The van der Waals surface area contributed by atoms with Gasteiger partial charge in [-0.05, 0) is 0 Å². The van der Waals surface area contributed by atoms with E-state index in [-0.39, 0.29) is 23.4 Å². The van der Waals surface area contributed by atoms with Gasteiger partial charge in [-0.2, -0.15) is 0 Å². The first-order chi connectivity index (χ1) is 7.56. The zero-order valence-corrected chi connectivity index (χ0v) is 9.40. The molecule has 16 heavy (non-hydrogen) atoms. The molecule has 0 fully saturated rings. The highest BCUT2D eigenvalue weighted by Crippen LogP contribution is 2.26. The number of aliphatic hydroxyl groups excluding tert-OH is 1. The zero-order chi connectivity index (χ0) is 12.1. The van der Waals surface area contributed by atoms with Crippen molar-refractivity contribution in [3.63, 3.8) is 0 Å². The maximum absolute atomic E-state index is 10.6. The Morgan fingerprint density at radius 3 is 2.94 bits per heavy atom. The summed E-state index contributed by atoms with van der Waals surface area (Å²) in [6, 6.07) is 2.59. The minimum absolute atomic E-state index is 0.0274. The maximum atomic E-state index is 10.6. The normalized spacial score (nSPS) is 12.2. The average Bonchev–Trinajstić information content (AvgIpc) is 2.28. The molecule has 0 aliphatic rings. The zero-order valence-electron chi connectivity index (χ0n) is 8.58. The number of nitrogens with two attached hydrogens (primary N) is 1. The van der Waals surface area contributed by atoms with E-state index >= 15 is 0 Å². The SMILES string of the molecule is CC(CO)Sc1cc([N+](=O)[O-])cc(NN)n1. The van der Waals surface area contributed by atoms with E-state index in [0.717, 1.165) is 0 Å². The van der Waals surface area contributed by atoms with Crippen LogP contribution in [0.1, 0.15) is 6.92 Å². The molecule has 1 rings (SSSR count). The van der Waals surface area contributed by atoms with Crippen LogP contribution in [0.4, 0.5) is 11.5 Å². The van der Waals surface area contributed by atoms with Crippen LogP contribution in [0.2, 0.25) is 0 Å². The van der Waals surface area contributed by atoms with Gasteiger partial charge < -0.3 is 10.5 Å². The molecular formula is C8H12N4O3S. The number of pyridine rings is 1. The van der Waals surface area contributed by atoms with Gasteiger partial charge in [-0.25, -0.2) is 10.8 Å². The molecule has 1 aromatic heterocycles. The molecule has 0 saturated heterocycles. The van der Waals surface area contributed by atoms with Gasteiger partial charge in [-0.1, -0.05) is 6.92 Å². The van der Waals surface area contributed by atoms with E-state index in [9.17, 15) is 10.1 Å². The van der Waals surface area contributed by atoms with Crippen LogP contribution in [0.25, 0.3) is 0 Å². The smallest absolute Gasteiger partial charge is 0.275 e. The van der Waals surface area contributed by atoms with Crippen molar-refractivity contribution in [1.82, 2.24) is 4.98 Å². The van der Waals surface area contributed by atoms with Crippen molar-refractivity contribution in [1.29, 1.82) is 0 Å². The summed E-state index contributed by atoms with van der Waals surface area (Å²) in [6.45, 7) is 1.77. The number of nitro groups is 1. The van der Waals surface area contributed by atoms with Crippen LogP contribution < -0.4 is 11.3 Å². The fraction of sp³-hybridized carbons (Fsp3) is 0.375. The predicted molar refractivity (Wildman–Crippen MR) is 61.1 cm³/mol. The third kappa shape index (κ3) is 3.33. The highest BCUT2D eigenvalue weighted by molar-refractivity contribution is 7.99. The number of anilines is 1. The molecule has 7 nitrogen and oxygen atoms in total. The van der Waals surface area contributed by atoms with Gasteiger partial charge >= 0.3 is 0 Å². The number of aromatic nitrogens is 1. The predicted octanol–water partition coefficient (Wildman–Crippen LogP) is 0.748. The van der Waals surface area contributed by atoms with Crippen LogP contribution >= 0.6 is 11.8 Å². The maximum Gasteiger partial charge on any atom is 0.275 e. The van der Waals surface area contributed by atoms with Gasteiger partial charge in [0.25, 0.3) is 5.69 Å². The summed E-state index contributed by atoms with van der Waals surface area (Å²) in [5.74, 6) is 5.38. The molecule has 0 spiro atoms. The highest BCUT2D eigenvalue weighted by Gasteiger charge is 2.13. The minimum atomic E-state index is -0.518. The Labute approximate surface area is 96.2 Å². The van der Waals surface area contributed by atoms with Crippen LogP contribution in [0, 0.1) is 10.1 Å². The van der Waals surface area contributed by atoms with Crippen molar-refractivity contribution in [3.05, 3.63) is 22.2 Å². The molecule has 0 radical (unpaired) electrons. The second-order valence-corrected chi connectivity index (χ2v) is 4.52. The highest BCUT2D eigenvalue weighted by atomic mass is 32.2. The van der Waals surface area contributed by atoms with Gasteiger partial charge in [0.05, 0.1) is 17.6 Å². The first kappa shape index (κ1) is 12.7. The van der Waals surface area contributed by atoms with Crippen molar-refractivity contribution in [3.8, 4) is 0 Å². The largest absolute Gasteiger partial charge is 0.395 e. The molecule has 0 amide bonds. The third-order valence-electron chi connectivity index (χ3n) is 1.72. The third-order valence-corrected chi connectivity index (χ3v) is 2.73. The molecule has 8 heteroatoms. The second kappa shape index (κ2) is 5.64. The molecule has 1 heterocycles. The van der Waals surface area contributed by atoms with E-state index < -0.39 is 4.92 Å². The summed E-state index contributed by atoms with van der Waals surface area (Å²) in [7, 11) is 0. The molecule has 0 saturated carbocycles. The monoisotopic (exact) mass is 244 g/mol. The quantitative estimate of drug-likeness (QED) is 0.303. The van der Waals surface area contributed by atoms with Gasteiger partial charge in [0, 0.05) is 11.3 Å². The molecule has 4 N–H and O–H groups in total. The fourth-order valence-corrected chi connectivity index (χ4v) is 1.80. The Balaban J connectivity index is 2.99. The molecule has 1 aromatic rings. The molecule has 1 atom stereocenters. The van der Waals surface area contributed by atoms with Crippen molar-refractivity contribution in [2.24, 2.45) is 5.84 Å². The van der Waals surface area contributed by atoms with Crippen LogP contribution in [0.5, 0.6) is 0 Å². The lowest BCUT2D eigenvalue weighted by Gasteiger charge is -2.07. The Hall–Kier alpha value is -1.38. The number of nitrogen functional groups attached to an aromatic ring is 1. The molecule has 0 aliphatic carbocycles. The van der Waals surface area contributed by atoms with Crippen LogP contribution in [-0.4, -0.2) is 26.9 Å². The van der Waals surface area contributed by atoms with Gasteiger partial charge in [0.1, 0.15) is 10.8 Å². The first-order valence-corrected chi connectivity index (χ1v) is 5.35. The van der Waals surface area contributed by atoms with E-state index in [0.29, 0.717) is 5.03 Å². The van der Waals surface area contributed by atoms with Crippen LogP contribution in [0.15, 0.2) is 17.2 Å². The number of hydrazine groups is 1. The summed E-state index contributed by atoms with van der Waals surface area (Å²) in [5, 5.41) is 19.9. The Morgan fingerprint density at radius 1 is 1.75 bits per heavy atom. The summed E-state index contributed by atoms with van der Waals surface area (Å²) in [5.41, 5.74) is 2.18. The standard InChI is InChI=1S/C8H12N4O3S/c1-5(4-13)16-8-3-6(12(14)15)2-7(10-8)11-9/h2-3,5,13H,4,9H2,1H3,(H,10,11). The summed E-state index contributed by atoms with van der Waals surface area (Å²) in [6.07, 6.45) is 0. The Kier molecular flexibility index (Phi) is 4.47. The molecule has 1 unspecified atom stereocenters. The average molecular weight is 244 g/mol. The molecule has 88 valence electrons. The van der Waals surface area contributed by atoms with Gasteiger partial charge in [0.2, 0.25) is 0 Å². The summed E-state index contributed by atoms with van der Waals surface area (Å²) in [4.78, 5) is 14.1. The fourth-order valence-electron chi connectivity index (χ4n) is 0.975. The molecule has 0 aromatic carbocycles. The van der Waals surface area contributed by atoms with E-state index in [1.807, 2.05) is 0 Å². The number of nitrogens with zero attached hydrogens (tertiary/aromatic N) is 2. The van der Waals surface area contributed by atoms with Crippen LogP contribution in [-0.2, 0) is 0 Å². The second-order valence-electron chi connectivity index (χ2n) is 3.06. The van der Waals surface area contributed by atoms with Crippen LogP contribution in [0.3, 0.4) is 0 Å². The number of hydrogen-bond acceptors (Lipinski definition) is 7. The van der Waals surface area contributed by atoms with Gasteiger partial charge in [-0.3, -0.25) is 10.1 Å². The topological polar surface area (TPSA) is 114 Å². The van der Waals surface area contributed by atoms with Crippen molar-refractivity contribution in [2.45, 2.75) is 17.2 Å². The van der Waals surface area contributed by atoms with E-state index in [1.54, 1.807) is 6.92 Å². The molecule has 0 aliphatic heterocycles. The number of aliphatic hydroxyl groups is 1. The van der Waals surface area contributed by atoms with Crippen molar-refractivity contribution < 1.29 is 10.0 Å². The van der Waals surface area contributed by atoms with Gasteiger partial charge in [-0.15, -0.1) is 11.8 Å². The van der Waals surface area contributed by atoms with Crippen molar-refractivity contribution >= 4 is 23.3 Å². The van der Waals surface area contributed by atoms with E-state index in [4.69, 9.17) is 10.9 Å². The van der Waals surface area contributed by atoms with E-state index in [2.05, 4.69) is 10.4 Å². The van der Waals surface area contributed by atoms with E-state index in [1.165, 1.54) is 23.9 Å².